The zero-order valence-corrected chi connectivity index (χ0v) is 11.7. The molecule has 0 aliphatic carbocycles. The number of aromatic nitrogens is 1. The molecule has 102 valence electrons. The summed E-state index contributed by atoms with van der Waals surface area (Å²) in [6, 6.07) is 12.5. The Morgan fingerprint density at radius 2 is 1.89 bits per heavy atom. The van der Waals surface area contributed by atoms with Crippen LogP contribution in [0.1, 0.15) is 25.0 Å². The van der Waals surface area contributed by atoms with Crippen LogP contribution in [0.5, 0.6) is 0 Å². The maximum atomic E-state index is 5.50. The Balaban J connectivity index is 1.89. The molecule has 0 atom stereocenters. The van der Waals surface area contributed by atoms with Crippen molar-refractivity contribution >= 4 is 10.9 Å². The minimum absolute atomic E-state index is 0.802. The Kier molecular flexibility index (Phi) is 5.31. The van der Waals surface area contributed by atoms with Crippen molar-refractivity contribution in [3.05, 3.63) is 42.1 Å². The highest BCUT2D eigenvalue weighted by Crippen LogP contribution is 2.12. The lowest BCUT2D eigenvalue weighted by Gasteiger charge is -2.16. The Morgan fingerprint density at radius 3 is 2.74 bits per heavy atom. The van der Waals surface area contributed by atoms with Gasteiger partial charge in [-0.15, -0.1) is 0 Å². The smallest absolute Gasteiger partial charge is 0.0705 e. The summed E-state index contributed by atoms with van der Waals surface area (Å²) in [7, 11) is 2.15. The molecule has 0 aliphatic rings. The molecule has 1 heterocycles. The van der Waals surface area contributed by atoms with E-state index >= 15 is 0 Å². The first-order valence-electron chi connectivity index (χ1n) is 7.03. The van der Waals surface area contributed by atoms with E-state index in [1.165, 1.54) is 18.2 Å². The summed E-state index contributed by atoms with van der Waals surface area (Å²) in [5, 5.41) is 1.21. The molecule has 2 N–H and O–H groups in total. The van der Waals surface area contributed by atoms with E-state index in [1.807, 2.05) is 12.1 Å². The standard InChI is InChI=1S/C16H23N3/c1-19(12-6-2-5-11-17)13-15-10-9-14-7-3-4-8-16(14)18-15/h3-4,7-10H,2,5-6,11-13,17H2,1H3. The summed E-state index contributed by atoms with van der Waals surface area (Å²) >= 11 is 0. The second kappa shape index (κ2) is 7.22. The Labute approximate surface area is 115 Å². The van der Waals surface area contributed by atoms with E-state index in [0.717, 1.165) is 37.3 Å². The topological polar surface area (TPSA) is 42.1 Å². The lowest BCUT2D eigenvalue weighted by molar-refractivity contribution is 0.314. The molecule has 0 aliphatic heterocycles. The lowest BCUT2D eigenvalue weighted by Crippen LogP contribution is -2.20. The number of pyridine rings is 1. The third-order valence-corrected chi connectivity index (χ3v) is 3.33. The fraction of sp³-hybridized carbons (Fsp3) is 0.438. The first kappa shape index (κ1) is 14.0. The van der Waals surface area contributed by atoms with Gasteiger partial charge >= 0.3 is 0 Å². The fourth-order valence-electron chi connectivity index (χ4n) is 2.25. The number of fused-ring (bicyclic) bond motifs is 1. The van der Waals surface area contributed by atoms with E-state index in [9.17, 15) is 0 Å². The van der Waals surface area contributed by atoms with Gasteiger partial charge in [0.25, 0.3) is 0 Å². The highest BCUT2D eigenvalue weighted by atomic mass is 15.1. The maximum absolute atomic E-state index is 5.50. The average Bonchev–Trinajstić information content (AvgIpc) is 2.43. The van der Waals surface area contributed by atoms with E-state index in [-0.39, 0.29) is 0 Å². The molecule has 0 amide bonds. The summed E-state index contributed by atoms with van der Waals surface area (Å²) < 4.78 is 0. The Morgan fingerprint density at radius 1 is 1.05 bits per heavy atom. The Hall–Kier alpha value is -1.45. The predicted octanol–water partition coefficient (Wildman–Crippen LogP) is 2.80. The third kappa shape index (κ3) is 4.30. The summed E-state index contributed by atoms with van der Waals surface area (Å²) in [6.07, 6.45) is 3.55. The van der Waals surface area contributed by atoms with Gasteiger partial charge in [0.15, 0.2) is 0 Å². The molecule has 19 heavy (non-hydrogen) atoms. The van der Waals surface area contributed by atoms with Crippen LogP contribution in [0.15, 0.2) is 36.4 Å². The highest BCUT2D eigenvalue weighted by molar-refractivity contribution is 5.78. The normalized spacial score (nSPS) is 11.3. The molecule has 3 nitrogen and oxygen atoms in total. The minimum atomic E-state index is 0.802. The van der Waals surface area contributed by atoms with Crippen molar-refractivity contribution in [3.8, 4) is 0 Å². The number of nitrogens with zero attached hydrogens (tertiary/aromatic N) is 2. The molecule has 0 saturated heterocycles. The van der Waals surface area contributed by atoms with E-state index in [4.69, 9.17) is 10.7 Å². The number of benzene rings is 1. The second-order valence-electron chi connectivity index (χ2n) is 5.08. The van der Waals surface area contributed by atoms with Crippen LogP contribution in [0.4, 0.5) is 0 Å². The van der Waals surface area contributed by atoms with Crippen LogP contribution >= 0.6 is 0 Å². The van der Waals surface area contributed by atoms with Crippen LogP contribution in [0.25, 0.3) is 10.9 Å². The first-order chi connectivity index (χ1) is 9.29. The van der Waals surface area contributed by atoms with Gasteiger partial charge in [0, 0.05) is 11.9 Å². The predicted molar refractivity (Wildman–Crippen MR) is 81.0 cm³/mol. The molecule has 0 unspecified atom stereocenters. The number of rotatable bonds is 7. The molecule has 0 bridgehead atoms. The van der Waals surface area contributed by atoms with Gasteiger partial charge in [0.05, 0.1) is 11.2 Å². The van der Waals surface area contributed by atoms with Gasteiger partial charge < -0.3 is 10.6 Å². The van der Waals surface area contributed by atoms with E-state index in [0.29, 0.717) is 0 Å². The molecule has 0 spiro atoms. The van der Waals surface area contributed by atoms with Crippen molar-refractivity contribution < 1.29 is 0 Å². The monoisotopic (exact) mass is 257 g/mol. The number of nitrogens with two attached hydrogens (primary N) is 1. The highest BCUT2D eigenvalue weighted by Gasteiger charge is 2.02. The molecule has 1 aromatic heterocycles. The van der Waals surface area contributed by atoms with E-state index < -0.39 is 0 Å². The number of hydrogen-bond acceptors (Lipinski definition) is 3. The quantitative estimate of drug-likeness (QED) is 0.776. The molecular weight excluding hydrogens is 234 g/mol. The summed E-state index contributed by atoms with van der Waals surface area (Å²) in [5.74, 6) is 0. The first-order valence-corrected chi connectivity index (χ1v) is 7.03. The van der Waals surface area contributed by atoms with Crippen molar-refractivity contribution in [2.24, 2.45) is 5.73 Å². The molecule has 2 aromatic rings. The number of hydrogen-bond donors (Lipinski definition) is 1. The zero-order valence-electron chi connectivity index (χ0n) is 11.7. The van der Waals surface area contributed by atoms with Gasteiger partial charge in [-0.05, 0) is 45.1 Å². The van der Waals surface area contributed by atoms with Gasteiger partial charge in [-0.1, -0.05) is 30.7 Å². The van der Waals surface area contributed by atoms with Gasteiger partial charge in [-0.25, -0.2) is 0 Å². The van der Waals surface area contributed by atoms with Crippen molar-refractivity contribution in [1.82, 2.24) is 9.88 Å². The van der Waals surface area contributed by atoms with Crippen LogP contribution in [0.2, 0.25) is 0 Å². The van der Waals surface area contributed by atoms with E-state index in [2.05, 4.69) is 36.2 Å². The number of unbranched alkanes of at least 4 members (excludes halogenated alkanes) is 2. The molecular formula is C16H23N3. The summed E-state index contributed by atoms with van der Waals surface area (Å²) in [6.45, 7) is 2.82. The largest absolute Gasteiger partial charge is 0.330 e. The average molecular weight is 257 g/mol. The van der Waals surface area contributed by atoms with Crippen LogP contribution < -0.4 is 5.73 Å². The van der Waals surface area contributed by atoms with Crippen molar-refractivity contribution in [3.63, 3.8) is 0 Å². The van der Waals surface area contributed by atoms with Crippen LogP contribution in [-0.2, 0) is 6.54 Å². The van der Waals surface area contributed by atoms with Crippen molar-refractivity contribution in [2.75, 3.05) is 20.1 Å². The zero-order chi connectivity index (χ0) is 13.5. The van der Waals surface area contributed by atoms with Crippen LogP contribution in [0, 0.1) is 0 Å². The molecule has 0 radical (unpaired) electrons. The van der Waals surface area contributed by atoms with Crippen LogP contribution in [0.3, 0.4) is 0 Å². The molecule has 1 aromatic carbocycles. The molecule has 0 saturated carbocycles. The third-order valence-electron chi connectivity index (χ3n) is 3.33. The van der Waals surface area contributed by atoms with Gasteiger partial charge in [-0.3, -0.25) is 4.98 Å². The van der Waals surface area contributed by atoms with Gasteiger partial charge in [-0.2, -0.15) is 0 Å². The minimum Gasteiger partial charge on any atom is -0.330 e. The molecule has 0 fully saturated rings. The van der Waals surface area contributed by atoms with Crippen molar-refractivity contribution in [1.29, 1.82) is 0 Å². The fourth-order valence-corrected chi connectivity index (χ4v) is 2.25. The summed E-state index contributed by atoms with van der Waals surface area (Å²) in [5.41, 5.74) is 7.72. The molecule has 3 heteroatoms. The Bertz CT molecular complexity index is 510. The SMILES string of the molecule is CN(CCCCCN)Cc1ccc2ccccc2n1. The van der Waals surface area contributed by atoms with Crippen LogP contribution in [-0.4, -0.2) is 30.0 Å². The lowest BCUT2D eigenvalue weighted by atomic mass is 10.2. The van der Waals surface area contributed by atoms with Gasteiger partial charge in [0.1, 0.15) is 0 Å². The van der Waals surface area contributed by atoms with Crippen molar-refractivity contribution in [2.45, 2.75) is 25.8 Å². The van der Waals surface area contributed by atoms with Gasteiger partial charge in [0.2, 0.25) is 0 Å². The maximum Gasteiger partial charge on any atom is 0.0705 e. The summed E-state index contributed by atoms with van der Waals surface area (Å²) in [4.78, 5) is 7.02. The number of para-hydroxylation sites is 1. The molecule has 2 rings (SSSR count). The van der Waals surface area contributed by atoms with E-state index in [1.54, 1.807) is 0 Å². The second-order valence-corrected chi connectivity index (χ2v) is 5.08.